The van der Waals surface area contributed by atoms with Gasteiger partial charge in [-0.2, -0.15) is 0 Å². The van der Waals surface area contributed by atoms with Gasteiger partial charge in [0.05, 0.1) is 6.20 Å². The van der Waals surface area contributed by atoms with E-state index in [0.717, 1.165) is 0 Å². The van der Waals surface area contributed by atoms with Crippen LogP contribution in [0, 0.1) is 0 Å². The molecule has 0 saturated carbocycles. The molecule has 0 atom stereocenters. The van der Waals surface area contributed by atoms with Crippen molar-refractivity contribution in [3.8, 4) is 0 Å². The molecule has 6 nitrogen and oxygen atoms in total. The highest BCUT2D eigenvalue weighted by Gasteiger charge is 2.17. The molecule has 6 heteroatoms. The third kappa shape index (κ3) is 2.72. The number of anilines is 1. The molecule has 2 aromatic heterocycles. The summed E-state index contributed by atoms with van der Waals surface area (Å²) in [4.78, 5) is 19.7. The maximum Gasteiger partial charge on any atom is 0.413 e. The van der Waals surface area contributed by atoms with Gasteiger partial charge in [-0.15, -0.1) is 0 Å². The first-order valence-electron chi connectivity index (χ1n) is 5.24. The van der Waals surface area contributed by atoms with E-state index >= 15 is 0 Å². The van der Waals surface area contributed by atoms with Crippen LogP contribution in [0.25, 0.3) is 5.78 Å². The van der Waals surface area contributed by atoms with Gasteiger partial charge < -0.3 is 4.74 Å². The summed E-state index contributed by atoms with van der Waals surface area (Å²) < 4.78 is 6.82. The Morgan fingerprint density at radius 2 is 2.18 bits per heavy atom. The maximum atomic E-state index is 11.6. The molecule has 1 N–H and O–H groups in total. The minimum atomic E-state index is -0.525. The summed E-state index contributed by atoms with van der Waals surface area (Å²) in [6.07, 6.45) is 4.43. The van der Waals surface area contributed by atoms with Gasteiger partial charge in [0.15, 0.2) is 0 Å². The van der Waals surface area contributed by atoms with Gasteiger partial charge in [0, 0.05) is 12.4 Å². The predicted molar refractivity (Wildman–Crippen MR) is 62.8 cm³/mol. The van der Waals surface area contributed by atoms with Crippen LogP contribution in [-0.2, 0) is 4.74 Å². The van der Waals surface area contributed by atoms with E-state index in [1.54, 1.807) is 22.9 Å². The molecule has 2 heterocycles. The van der Waals surface area contributed by atoms with Crippen molar-refractivity contribution in [3.05, 3.63) is 24.7 Å². The van der Waals surface area contributed by atoms with Crippen molar-refractivity contribution in [3.63, 3.8) is 0 Å². The molecule has 17 heavy (non-hydrogen) atoms. The van der Waals surface area contributed by atoms with Gasteiger partial charge in [0.25, 0.3) is 0 Å². The van der Waals surface area contributed by atoms with Crippen LogP contribution in [0.3, 0.4) is 0 Å². The minimum absolute atomic E-state index is 0.511. The quantitative estimate of drug-likeness (QED) is 0.820. The number of nitrogens with zero attached hydrogens (tertiary/aromatic N) is 3. The molecule has 0 aromatic carbocycles. The van der Waals surface area contributed by atoms with E-state index in [-0.39, 0.29) is 0 Å². The highest BCUT2D eigenvalue weighted by Crippen LogP contribution is 2.12. The fourth-order valence-corrected chi connectivity index (χ4v) is 1.33. The summed E-state index contributed by atoms with van der Waals surface area (Å²) in [5, 5.41) is 2.62. The van der Waals surface area contributed by atoms with Crippen LogP contribution in [0.5, 0.6) is 0 Å². The molecular weight excluding hydrogens is 220 g/mol. The van der Waals surface area contributed by atoms with E-state index in [4.69, 9.17) is 4.74 Å². The van der Waals surface area contributed by atoms with Gasteiger partial charge in [-0.05, 0) is 26.8 Å². The van der Waals surface area contributed by atoms with E-state index in [9.17, 15) is 4.79 Å². The number of hydrogen-bond acceptors (Lipinski definition) is 4. The number of ether oxygens (including phenoxy) is 1. The number of hydrogen-bond donors (Lipinski definition) is 1. The lowest BCUT2D eigenvalue weighted by molar-refractivity contribution is 0.0635. The molecule has 0 radical (unpaired) electrons. The van der Waals surface area contributed by atoms with Crippen LogP contribution in [0.2, 0.25) is 0 Å². The Balaban J connectivity index is 2.16. The Hall–Kier alpha value is -2.11. The summed E-state index contributed by atoms with van der Waals surface area (Å²) >= 11 is 0. The largest absolute Gasteiger partial charge is 0.444 e. The van der Waals surface area contributed by atoms with Crippen molar-refractivity contribution in [1.29, 1.82) is 0 Å². The molecule has 0 spiro atoms. The third-order valence-corrected chi connectivity index (χ3v) is 1.92. The molecular formula is C11H14N4O2. The number of imidazole rings is 1. The zero-order chi connectivity index (χ0) is 12.5. The zero-order valence-electron chi connectivity index (χ0n) is 9.97. The Morgan fingerprint density at radius 3 is 2.88 bits per heavy atom. The van der Waals surface area contributed by atoms with Gasteiger partial charge in [0.2, 0.25) is 5.78 Å². The number of nitrogens with one attached hydrogen (secondary N) is 1. The fraction of sp³-hybridized carbons (Fsp3) is 0.364. The van der Waals surface area contributed by atoms with Gasteiger partial charge in [-0.25, -0.2) is 14.8 Å². The first-order valence-corrected chi connectivity index (χ1v) is 5.24. The second-order valence-electron chi connectivity index (χ2n) is 4.56. The van der Waals surface area contributed by atoms with Gasteiger partial charge in [0.1, 0.15) is 11.4 Å². The highest BCUT2D eigenvalue weighted by atomic mass is 16.6. The summed E-state index contributed by atoms with van der Waals surface area (Å²) in [5.41, 5.74) is -0.525. The Morgan fingerprint density at radius 1 is 1.41 bits per heavy atom. The molecule has 1 amide bonds. The highest BCUT2D eigenvalue weighted by molar-refractivity contribution is 5.84. The Kier molecular flexibility index (Phi) is 2.71. The second-order valence-corrected chi connectivity index (χ2v) is 4.56. The van der Waals surface area contributed by atoms with Crippen molar-refractivity contribution < 1.29 is 9.53 Å². The van der Waals surface area contributed by atoms with E-state index in [2.05, 4.69) is 15.3 Å². The van der Waals surface area contributed by atoms with Crippen LogP contribution in [-0.4, -0.2) is 26.1 Å². The lowest BCUT2D eigenvalue weighted by Crippen LogP contribution is -2.27. The monoisotopic (exact) mass is 234 g/mol. The average molecular weight is 234 g/mol. The molecule has 0 aliphatic heterocycles. The number of carbonyl (C=O) groups is 1. The van der Waals surface area contributed by atoms with Crippen molar-refractivity contribution in [1.82, 2.24) is 14.4 Å². The van der Waals surface area contributed by atoms with E-state index in [1.807, 2.05) is 20.8 Å². The standard InChI is InChI=1S/C11H14N4O2/c1-11(2,3)17-10(16)14-8-7-13-9-12-5-4-6-15(8)9/h4-7H,1-3H3,(H,14,16). The number of rotatable bonds is 1. The van der Waals surface area contributed by atoms with E-state index in [1.165, 1.54) is 6.20 Å². The lowest BCUT2D eigenvalue weighted by atomic mass is 10.2. The Labute approximate surface area is 98.6 Å². The van der Waals surface area contributed by atoms with Crippen molar-refractivity contribution in [2.75, 3.05) is 5.32 Å². The molecule has 0 fully saturated rings. The van der Waals surface area contributed by atoms with Gasteiger partial charge in [-0.3, -0.25) is 9.72 Å². The molecule has 0 saturated heterocycles. The van der Waals surface area contributed by atoms with Crippen LogP contribution >= 0.6 is 0 Å². The van der Waals surface area contributed by atoms with Crippen molar-refractivity contribution in [2.24, 2.45) is 0 Å². The molecule has 0 aliphatic rings. The van der Waals surface area contributed by atoms with Crippen LogP contribution in [0.1, 0.15) is 20.8 Å². The zero-order valence-corrected chi connectivity index (χ0v) is 9.97. The molecule has 2 aromatic rings. The summed E-state index contributed by atoms with van der Waals surface area (Å²) in [6.45, 7) is 5.42. The maximum absolute atomic E-state index is 11.6. The summed E-state index contributed by atoms with van der Waals surface area (Å²) in [7, 11) is 0. The van der Waals surface area contributed by atoms with Crippen molar-refractivity contribution in [2.45, 2.75) is 26.4 Å². The minimum Gasteiger partial charge on any atom is -0.444 e. The summed E-state index contributed by atoms with van der Waals surface area (Å²) in [5.74, 6) is 1.06. The topological polar surface area (TPSA) is 68.5 Å². The van der Waals surface area contributed by atoms with Crippen LogP contribution < -0.4 is 5.32 Å². The molecule has 0 unspecified atom stereocenters. The van der Waals surface area contributed by atoms with Crippen molar-refractivity contribution >= 4 is 17.7 Å². The van der Waals surface area contributed by atoms with Gasteiger partial charge in [-0.1, -0.05) is 0 Å². The first kappa shape index (κ1) is 11.4. The van der Waals surface area contributed by atoms with E-state index in [0.29, 0.717) is 11.6 Å². The average Bonchev–Trinajstić information content (AvgIpc) is 2.59. The summed E-state index contributed by atoms with van der Waals surface area (Å²) in [6, 6.07) is 1.76. The smallest absolute Gasteiger partial charge is 0.413 e. The normalized spacial score (nSPS) is 11.5. The third-order valence-electron chi connectivity index (χ3n) is 1.92. The van der Waals surface area contributed by atoms with Gasteiger partial charge >= 0.3 is 6.09 Å². The lowest BCUT2D eigenvalue weighted by Gasteiger charge is -2.19. The number of amides is 1. The SMILES string of the molecule is CC(C)(C)OC(=O)Nc1cnc2ncccn12. The fourth-order valence-electron chi connectivity index (χ4n) is 1.33. The van der Waals surface area contributed by atoms with E-state index < -0.39 is 11.7 Å². The molecule has 90 valence electrons. The first-order chi connectivity index (χ1) is 7.96. The molecule has 0 bridgehead atoms. The molecule has 0 aliphatic carbocycles. The molecule has 2 rings (SSSR count). The predicted octanol–water partition coefficient (Wildman–Crippen LogP) is 2.08. The number of fused-ring (bicyclic) bond motifs is 1. The Bertz CT molecular complexity index is 542. The van der Waals surface area contributed by atoms with Crippen LogP contribution in [0.15, 0.2) is 24.7 Å². The number of aromatic nitrogens is 3. The van der Waals surface area contributed by atoms with Crippen LogP contribution in [0.4, 0.5) is 10.6 Å². The second kappa shape index (κ2) is 4.04. The number of carbonyl (C=O) groups excluding carboxylic acids is 1.